The summed E-state index contributed by atoms with van der Waals surface area (Å²) in [4.78, 5) is 13.2. The molecular formula is C28H25F7N2O. The van der Waals surface area contributed by atoms with E-state index in [1.807, 2.05) is 0 Å². The molecule has 202 valence electrons. The lowest BCUT2D eigenvalue weighted by atomic mass is 9.76. The number of rotatable bonds is 6. The summed E-state index contributed by atoms with van der Waals surface area (Å²) in [7, 11) is 0. The maximum Gasteiger partial charge on any atom is 0.416 e. The molecule has 1 aliphatic carbocycles. The highest BCUT2D eigenvalue weighted by atomic mass is 19.4. The van der Waals surface area contributed by atoms with Crippen molar-refractivity contribution in [1.82, 2.24) is 10.6 Å². The fraction of sp³-hybridized carbons (Fsp3) is 0.321. The SMILES string of the molecule is O=C(NC1CCCC1)NC(Cc1ccccc1)(c1ccc(F)cc1)c1cc(C(F)(F)F)cc(C(F)(F)F)c1. The molecule has 1 unspecified atom stereocenters. The van der Waals surface area contributed by atoms with Crippen LogP contribution in [0.5, 0.6) is 0 Å². The highest BCUT2D eigenvalue weighted by Crippen LogP contribution is 2.41. The fourth-order valence-electron chi connectivity index (χ4n) is 4.88. The van der Waals surface area contributed by atoms with Gasteiger partial charge in [0, 0.05) is 12.5 Å². The van der Waals surface area contributed by atoms with Crippen LogP contribution < -0.4 is 10.6 Å². The van der Waals surface area contributed by atoms with Crippen LogP contribution >= 0.6 is 0 Å². The summed E-state index contributed by atoms with van der Waals surface area (Å²) in [5, 5.41) is 5.50. The number of hydrogen-bond donors (Lipinski definition) is 2. The summed E-state index contributed by atoms with van der Waals surface area (Å²) in [6, 6.07) is 13.3. The zero-order valence-corrected chi connectivity index (χ0v) is 20.1. The number of amides is 2. The maximum absolute atomic E-state index is 13.9. The smallest absolute Gasteiger partial charge is 0.335 e. The van der Waals surface area contributed by atoms with Crippen LogP contribution in [0.4, 0.5) is 35.5 Å². The van der Waals surface area contributed by atoms with Crippen LogP contribution in [0.3, 0.4) is 0 Å². The van der Waals surface area contributed by atoms with Crippen molar-refractivity contribution >= 4 is 6.03 Å². The van der Waals surface area contributed by atoms with Crippen molar-refractivity contribution in [2.45, 2.75) is 56.0 Å². The average molecular weight is 539 g/mol. The Labute approximate surface area is 215 Å². The molecule has 10 heteroatoms. The van der Waals surface area contributed by atoms with E-state index in [2.05, 4.69) is 10.6 Å². The predicted octanol–water partition coefficient (Wildman–Crippen LogP) is 7.59. The first kappa shape index (κ1) is 27.5. The lowest BCUT2D eigenvalue weighted by Gasteiger charge is -2.37. The van der Waals surface area contributed by atoms with E-state index in [1.165, 1.54) is 12.1 Å². The van der Waals surface area contributed by atoms with Crippen molar-refractivity contribution < 1.29 is 35.5 Å². The van der Waals surface area contributed by atoms with Gasteiger partial charge in [-0.2, -0.15) is 26.3 Å². The van der Waals surface area contributed by atoms with E-state index in [4.69, 9.17) is 0 Å². The van der Waals surface area contributed by atoms with Gasteiger partial charge in [0.25, 0.3) is 0 Å². The van der Waals surface area contributed by atoms with Crippen molar-refractivity contribution in [2.24, 2.45) is 0 Å². The summed E-state index contributed by atoms with van der Waals surface area (Å²) in [5.41, 5.74) is -4.71. The van der Waals surface area contributed by atoms with Crippen molar-refractivity contribution in [2.75, 3.05) is 0 Å². The molecule has 3 nitrogen and oxygen atoms in total. The Hall–Kier alpha value is -3.56. The third kappa shape index (κ3) is 6.28. The number of benzene rings is 3. The van der Waals surface area contributed by atoms with Crippen LogP contribution in [0.1, 0.15) is 53.5 Å². The summed E-state index contributed by atoms with van der Waals surface area (Å²) in [6.45, 7) is 0. The quantitative estimate of drug-likeness (QED) is 0.312. The molecule has 1 fully saturated rings. The normalized spacial score (nSPS) is 16.2. The predicted molar refractivity (Wildman–Crippen MR) is 128 cm³/mol. The summed E-state index contributed by atoms with van der Waals surface area (Å²) in [5.74, 6) is -0.655. The maximum atomic E-state index is 13.9. The molecule has 1 aliphatic rings. The summed E-state index contributed by atoms with van der Waals surface area (Å²) < 4.78 is 96.8. The minimum atomic E-state index is -5.09. The van der Waals surface area contributed by atoms with E-state index in [0.29, 0.717) is 30.5 Å². The van der Waals surface area contributed by atoms with Crippen molar-refractivity contribution in [3.8, 4) is 0 Å². The minimum absolute atomic E-state index is 0.0417. The molecule has 0 aliphatic heterocycles. The Morgan fingerprint density at radius 3 is 1.79 bits per heavy atom. The molecule has 4 rings (SSSR count). The molecule has 0 heterocycles. The van der Waals surface area contributed by atoms with Crippen molar-refractivity contribution in [1.29, 1.82) is 0 Å². The molecule has 0 spiro atoms. The average Bonchev–Trinajstić information content (AvgIpc) is 3.36. The van der Waals surface area contributed by atoms with Gasteiger partial charge in [-0.3, -0.25) is 0 Å². The molecule has 0 aromatic heterocycles. The molecule has 38 heavy (non-hydrogen) atoms. The lowest BCUT2D eigenvalue weighted by molar-refractivity contribution is -0.143. The second-order valence-corrected chi connectivity index (χ2v) is 9.45. The van der Waals surface area contributed by atoms with Gasteiger partial charge < -0.3 is 10.6 Å². The van der Waals surface area contributed by atoms with Gasteiger partial charge in [-0.1, -0.05) is 55.3 Å². The first-order chi connectivity index (χ1) is 17.9. The van der Waals surface area contributed by atoms with Gasteiger partial charge in [-0.15, -0.1) is 0 Å². The molecule has 1 saturated carbocycles. The van der Waals surface area contributed by atoms with E-state index in [9.17, 15) is 35.5 Å². The molecule has 2 amide bonds. The van der Waals surface area contributed by atoms with Crippen LogP contribution in [-0.2, 0) is 24.3 Å². The van der Waals surface area contributed by atoms with E-state index < -0.39 is 46.4 Å². The summed E-state index contributed by atoms with van der Waals surface area (Å²) in [6.07, 6.45) is -7.20. The van der Waals surface area contributed by atoms with Gasteiger partial charge in [0.15, 0.2) is 0 Å². The molecule has 0 radical (unpaired) electrons. The number of carbonyl (C=O) groups is 1. The highest BCUT2D eigenvalue weighted by molar-refractivity contribution is 5.76. The standard InChI is InChI=1S/C28H25F7N2O/c29-23-12-10-19(11-13-23)26(17-18-6-2-1-3-7-18,37-25(38)36-24-8-4-5-9-24)20-14-21(27(30,31)32)16-22(15-20)28(33,34)35/h1-3,6-7,10-16,24H,4-5,8-9,17H2,(H2,36,37,38). The Kier molecular flexibility index (Phi) is 7.71. The van der Waals surface area contributed by atoms with E-state index in [0.717, 1.165) is 25.0 Å². The zero-order chi connectivity index (χ0) is 27.6. The molecule has 0 saturated heterocycles. The molecule has 2 N–H and O–H groups in total. The number of hydrogen-bond acceptors (Lipinski definition) is 1. The first-order valence-corrected chi connectivity index (χ1v) is 12.1. The topological polar surface area (TPSA) is 41.1 Å². The van der Waals surface area contributed by atoms with Crippen LogP contribution in [0.25, 0.3) is 0 Å². The lowest BCUT2D eigenvalue weighted by Crippen LogP contribution is -2.53. The second kappa shape index (κ2) is 10.7. The Balaban J connectivity index is 1.96. The van der Waals surface area contributed by atoms with Crippen molar-refractivity contribution in [3.63, 3.8) is 0 Å². The van der Waals surface area contributed by atoms with Gasteiger partial charge in [0.05, 0.1) is 16.7 Å². The first-order valence-electron chi connectivity index (χ1n) is 12.1. The van der Waals surface area contributed by atoms with E-state index in [1.54, 1.807) is 30.3 Å². The van der Waals surface area contributed by atoms with Gasteiger partial charge >= 0.3 is 18.4 Å². The Morgan fingerprint density at radius 2 is 1.26 bits per heavy atom. The second-order valence-electron chi connectivity index (χ2n) is 9.45. The van der Waals surface area contributed by atoms with Gasteiger partial charge in [-0.05, 0) is 59.9 Å². The molecule has 3 aromatic rings. The van der Waals surface area contributed by atoms with Gasteiger partial charge in [-0.25, -0.2) is 9.18 Å². The number of nitrogens with one attached hydrogen (secondary N) is 2. The third-order valence-corrected chi connectivity index (χ3v) is 6.75. The monoisotopic (exact) mass is 538 g/mol. The van der Waals surface area contributed by atoms with Crippen LogP contribution in [-0.4, -0.2) is 12.1 Å². The minimum Gasteiger partial charge on any atom is -0.335 e. The van der Waals surface area contributed by atoms with Crippen LogP contribution in [0.2, 0.25) is 0 Å². The Morgan fingerprint density at radius 1 is 0.737 bits per heavy atom. The Bertz CT molecular complexity index is 1220. The molecule has 1 atom stereocenters. The van der Waals surface area contributed by atoms with Gasteiger partial charge in [0.2, 0.25) is 0 Å². The highest BCUT2D eigenvalue weighted by Gasteiger charge is 2.43. The third-order valence-electron chi connectivity index (χ3n) is 6.75. The van der Waals surface area contributed by atoms with Gasteiger partial charge in [0.1, 0.15) is 5.82 Å². The molecule has 3 aromatic carbocycles. The molecule has 0 bridgehead atoms. The summed E-state index contributed by atoms with van der Waals surface area (Å²) >= 11 is 0. The van der Waals surface area contributed by atoms with Crippen LogP contribution in [0.15, 0.2) is 72.8 Å². The number of alkyl halides is 6. The van der Waals surface area contributed by atoms with E-state index >= 15 is 0 Å². The van der Waals surface area contributed by atoms with E-state index in [-0.39, 0.29) is 24.1 Å². The number of urea groups is 1. The van der Waals surface area contributed by atoms with Crippen LogP contribution in [0, 0.1) is 5.82 Å². The largest absolute Gasteiger partial charge is 0.416 e. The van der Waals surface area contributed by atoms with Crippen molar-refractivity contribution in [3.05, 3.63) is 106 Å². The zero-order valence-electron chi connectivity index (χ0n) is 20.1. The fourth-order valence-corrected chi connectivity index (χ4v) is 4.88. The molecular weight excluding hydrogens is 513 g/mol. The number of halogens is 7. The number of carbonyl (C=O) groups excluding carboxylic acids is 1.